The van der Waals surface area contributed by atoms with Gasteiger partial charge in [-0.25, -0.2) is 0 Å². The average Bonchev–Trinajstić information content (AvgIpc) is 2.03. The summed E-state index contributed by atoms with van der Waals surface area (Å²) in [4.78, 5) is 0. The summed E-state index contributed by atoms with van der Waals surface area (Å²) < 4.78 is 0. The third-order valence-electron chi connectivity index (χ3n) is 1.79. The second-order valence-corrected chi connectivity index (χ2v) is 2.73. The van der Waals surface area contributed by atoms with E-state index in [1.807, 2.05) is 18.2 Å². The van der Waals surface area contributed by atoms with Crippen molar-refractivity contribution in [1.82, 2.24) is 0 Å². The summed E-state index contributed by atoms with van der Waals surface area (Å²) >= 11 is 0. The molecule has 1 aromatic rings. The molecule has 0 unspecified atom stereocenters. The number of unbranched alkanes of at least 4 members (excludes halogenated alkanes) is 1. The number of aromatic hydroxyl groups is 1. The van der Waals surface area contributed by atoms with Crippen LogP contribution in [0.25, 0.3) is 0 Å². The molecule has 1 N–H and O–H groups in total. The predicted octanol–water partition coefficient (Wildman–Crippen LogP) is 2.58. The van der Waals surface area contributed by atoms with Gasteiger partial charge in [-0.3, -0.25) is 0 Å². The van der Waals surface area contributed by atoms with Crippen molar-refractivity contribution in [3.05, 3.63) is 29.8 Å². The Kier molecular flexibility index (Phi) is 6.21. The zero-order chi connectivity index (χ0) is 8.10. The molecule has 0 aliphatic carbocycles. The quantitative estimate of drug-likeness (QED) is 0.702. The van der Waals surface area contributed by atoms with Crippen LogP contribution < -0.4 is 0 Å². The normalized spacial score (nSPS) is 9.08. The monoisotopic (exact) mass is 176 g/mol. The number of aryl methyl sites for hydroxylation is 1. The first-order chi connectivity index (χ1) is 5.34. The van der Waals surface area contributed by atoms with Gasteiger partial charge in [-0.2, -0.15) is 0 Å². The Bertz CT molecular complexity index is 231. The van der Waals surface area contributed by atoms with Crippen LogP contribution in [0.15, 0.2) is 24.3 Å². The van der Waals surface area contributed by atoms with Crippen LogP contribution in [0.1, 0.15) is 28.2 Å². The van der Waals surface area contributed by atoms with Crippen LogP contribution in [0, 0.1) is 0 Å². The van der Waals surface area contributed by atoms with Crippen molar-refractivity contribution in [2.24, 2.45) is 0 Å². The molecule has 1 aromatic carbocycles. The first-order valence-electron chi connectivity index (χ1n) is 4.11. The molecule has 2 heteroatoms. The molecule has 64 valence electrons. The molecular formula is C10H16MgO. The number of hydrogen-bond donors (Lipinski definition) is 1. The molecule has 0 amide bonds. The number of hydrogen-bond acceptors (Lipinski definition) is 1. The maximum atomic E-state index is 9.34. The van der Waals surface area contributed by atoms with Crippen LogP contribution >= 0.6 is 0 Å². The van der Waals surface area contributed by atoms with E-state index < -0.39 is 0 Å². The van der Waals surface area contributed by atoms with Gasteiger partial charge in [0.15, 0.2) is 0 Å². The van der Waals surface area contributed by atoms with Gasteiger partial charge >= 0.3 is 23.1 Å². The molecular weight excluding hydrogens is 160 g/mol. The minimum atomic E-state index is 0. The van der Waals surface area contributed by atoms with Gasteiger partial charge in [0.25, 0.3) is 0 Å². The molecule has 0 aromatic heterocycles. The summed E-state index contributed by atoms with van der Waals surface area (Å²) in [6.45, 7) is 2.15. The number of benzene rings is 1. The first-order valence-corrected chi connectivity index (χ1v) is 4.11. The van der Waals surface area contributed by atoms with Gasteiger partial charge in [-0.15, -0.1) is 0 Å². The second kappa shape index (κ2) is 6.32. The second-order valence-electron chi connectivity index (χ2n) is 2.73. The van der Waals surface area contributed by atoms with Crippen LogP contribution in [-0.2, 0) is 6.42 Å². The molecule has 0 radical (unpaired) electrons. The molecule has 1 rings (SSSR count). The average molecular weight is 177 g/mol. The molecule has 0 aliphatic heterocycles. The molecule has 0 bridgehead atoms. The summed E-state index contributed by atoms with van der Waals surface area (Å²) in [5, 5.41) is 9.34. The fourth-order valence-electron chi connectivity index (χ4n) is 1.09. The zero-order valence-electron chi connectivity index (χ0n) is 9.59. The number of phenolic OH excluding ortho intramolecular Hbond substituents is 1. The van der Waals surface area contributed by atoms with E-state index in [4.69, 9.17) is 0 Å². The van der Waals surface area contributed by atoms with Crippen molar-refractivity contribution in [1.29, 1.82) is 0 Å². The van der Waals surface area contributed by atoms with Crippen molar-refractivity contribution in [2.45, 2.75) is 26.2 Å². The first kappa shape index (κ1) is 11.8. The van der Waals surface area contributed by atoms with Gasteiger partial charge in [0.05, 0.1) is 0 Å². The summed E-state index contributed by atoms with van der Waals surface area (Å²) in [6, 6.07) is 7.53. The Balaban J connectivity index is -0.000000403. The molecule has 0 saturated heterocycles. The SMILES string of the molecule is CCCCc1ccccc1O.[H-].[H-].[Mg+2]. The molecule has 12 heavy (non-hydrogen) atoms. The van der Waals surface area contributed by atoms with E-state index in [0.717, 1.165) is 18.4 Å². The van der Waals surface area contributed by atoms with E-state index in [-0.39, 0.29) is 25.9 Å². The number of para-hydroxylation sites is 1. The summed E-state index contributed by atoms with van der Waals surface area (Å²) in [7, 11) is 0. The van der Waals surface area contributed by atoms with E-state index in [2.05, 4.69) is 6.92 Å². The van der Waals surface area contributed by atoms with Crippen molar-refractivity contribution in [2.75, 3.05) is 0 Å². The molecule has 1 nitrogen and oxygen atoms in total. The van der Waals surface area contributed by atoms with Crippen molar-refractivity contribution >= 4 is 23.1 Å². The predicted molar refractivity (Wildman–Crippen MR) is 54.7 cm³/mol. The summed E-state index contributed by atoms with van der Waals surface area (Å²) in [5.74, 6) is 0.431. The Morgan fingerprint density at radius 2 is 2.00 bits per heavy atom. The minimum absolute atomic E-state index is 0. The van der Waals surface area contributed by atoms with E-state index in [1.54, 1.807) is 6.07 Å². The Hall–Kier alpha value is -0.214. The summed E-state index contributed by atoms with van der Waals surface area (Å²) in [6.07, 6.45) is 3.31. The fraction of sp³-hybridized carbons (Fsp3) is 0.400. The largest absolute Gasteiger partial charge is 2.00 e. The Morgan fingerprint density at radius 3 is 2.58 bits per heavy atom. The smallest absolute Gasteiger partial charge is 1.00 e. The molecule has 0 spiro atoms. The standard InChI is InChI=1S/C10H14O.Mg.2H/c1-2-3-6-9-7-4-5-8-10(9)11;;;/h4-5,7-8,11H,2-3,6H2,1H3;;;/q;+2;2*-1. The molecule has 0 heterocycles. The number of phenols is 1. The fourth-order valence-corrected chi connectivity index (χ4v) is 1.09. The molecule has 0 fully saturated rings. The van der Waals surface area contributed by atoms with Crippen LogP contribution in [0.2, 0.25) is 0 Å². The van der Waals surface area contributed by atoms with E-state index >= 15 is 0 Å². The third-order valence-corrected chi connectivity index (χ3v) is 1.79. The number of rotatable bonds is 3. The maximum absolute atomic E-state index is 9.34. The van der Waals surface area contributed by atoms with Crippen molar-refractivity contribution < 1.29 is 7.96 Å². The van der Waals surface area contributed by atoms with Crippen molar-refractivity contribution in [3.8, 4) is 5.75 Å². The Morgan fingerprint density at radius 1 is 1.33 bits per heavy atom. The van der Waals surface area contributed by atoms with Gasteiger partial charge in [-0.05, 0) is 24.5 Å². The van der Waals surface area contributed by atoms with Crippen LogP contribution in [0.5, 0.6) is 5.75 Å². The minimum Gasteiger partial charge on any atom is -1.00 e. The van der Waals surface area contributed by atoms with Crippen LogP contribution in [0.4, 0.5) is 0 Å². The van der Waals surface area contributed by atoms with Gasteiger partial charge < -0.3 is 7.96 Å². The van der Waals surface area contributed by atoms with E-state index in [9.17, 15) is 5.11 Å². The van der Waals surface area contributed by atoms with Gasteiger partial charge in [-0.1, -0.05) is 31.5 Å². The zero-order valence-corrected chi connectivity index (χ0v) is 9.00. The Labute approximate surface area is 92.9 Å². The molecule has 0 atom stereocenters. The van der Waals surface area contributed by atoms with Gasteiger partial charge in [0.2, 0.25) is 0 Å². The topological polar surface area (TPSA) is 20.2 Å². The van der Waals surface area contributed by atoms with Gasteiger partial charge in [0, 0.05) is 0 Å². The van der Waals surface area contributed by atoms with E-state index in [0.29, 0.717) is 5.75 Å². The maximum Gasteiger partial charge on any atom is 2.00 e. The van der Waals surface area contributed by atoms with Crippen LogP contribution in [0.3, 0.4) is 0 Å². The van der Waals surface area contributed by atoms with Crippen LogP contribution in [-0.4, -0.2) is 28.2 Å². The van der Waals surface area contributed by atoms with Crippen molar-refractivity contribution in [3.63, 3.8) is 0 Å². The molecule has 0 saturated carbocycles. The third kappa shape index (κ3) is 3.46. The summed E-state index contributed by atoms with van der Waals surface area (Å²) in [5.41, 5.74) is 1.06. The van der Waals surface area contributed by atoms with E-state index in [1.165, 1.54) is 6.42 Å². The van der Waals surface area contributed by atoms with Gasteiger partial charge in [0.1, 0.15) is 5.75 Å². The molecule has 0 aliphatic rings.